The Kier molecular flexibility index (Phi) is 9.44. The molecule has 9 rings (SSSR count). The summed E-state index contributed by atoms with van der Waals surface area (Å²) in [5.41, 5.74) is 8.99. The van der Waals surface area contributed by atoms with Crippen LogP contribution in [0.3, 0.4) is 0 Å². The Balaban J connectivity index is 1.02. The molecule has 3 nitrogen and oxygen atoms in total. The van der Waals surface area contributed by atoms with Crippen molar-refractivity contribution in [2.45, 2.75) is 12.4 Å². The van der Waals surface area contributed by atoms with Crippen molar-refractivity contribution < 1.29 is 26.3 Å². The molecular formula is C50H33F6N3. The number of halogens is 6. The molecule has 0 spiro atoms. The zero-order chi connectivity index (χ0) is 40.7. The lowest BCUT2D eigenvalue weighted by Gasteiger charge is -2.26. The number of H-pyrrole nitrogens is 1. The zero-order valence-electron chi connectivity index (χ0n) is 31.1. The number of rotatable bonds is 8. The second-order valence-corrected chi connectivity index (χ2v) is 14.2. The van der Waals surface area contributed by atoms with Crippen molar-refractivity contribution in [2.24, 2.45) is 0 Å². The maximum atomic E-state index is 13.4. The number of alkyl halides is 6. The summed E-state index contributed by atoms with van der Waals surface area (Å²) in [5, 5.41) is 2.10. The molecule has 0 saturated carbocycles. The van der Waals surface area contributed by atoms with Crippen molar-refractivity contribution in [2.75, 3.05) is 9.80 Å². The van der Waals surface area contributed by atoms with Gasteiger partial charge < -0.3 is 14.8 Å². The third kappa shape index (κ3) is 7.50. The molecule has 0 aliphatic carbocycles. The SMILES string of the molecule is FC(F)(F)c1ccc(N(c2ccccc2)c2ccc(-c3ccc4[nH]c5ccc(-c6ccc(N(c7ccccc7)c7ccc(C(F)(F)F)cc7)cc6)cc5c4c3)cc2)cc1. The molecule has 0 amide bonds. The van der Waals surface area contributed by atoms with Crippen LogP contribution in [0.1, 0.15) is 11.1 Å². The topological polar surface area (TPSA) is 22.3 Å². The first-order valence-electron chi connectivity index (χ1n) is 18.8. The van der Waals surface area contributed by atoms with Gasteiger partial charge in [-0.25, -0.2) is 0 Å². The van der Waals surface area contributed by atoms with Crippen molar-refractivity contribution in [3.8, 4) is 22.3 Å². The van der Waals surface area contributed by atoms with E-state index in [0.29, 0.717) is 11.4 Å². The second kappa shape index (κ2) is 14.9. The first kappa shape index (κ1) is 37.3. The number of para-hydroxylation sites is 2. The highest BCUT2D eigenvalue weighted by Crippen LogP contribution is 2.41. The van der Waals surface area contributed by atoms with Crippen LogP contribution in [-0.2, 0) is 12.4 Å². The molecule has 1 heterocycles. The van der Waals surface area contributed by atoms with Crippen LogP contribution in [0.25, 0.3) is 44.1 Å². The molecule has 9 aromatic rings. The van der Waals surface area contributed by atoms with E-state index >= 15 is 0 Å². The minimum absolute atomic E-state index is 0.607. The molecule has 1 N–H and O–H groups in total. The molecular weight excluding hydrogens is 757 g/mol. The van der Waals surface area contributed by atoms with Gasteiger partial charge >= 0.3 is 12.4 Å². The van der Waals surface area contributed by atoms with E-state index in [4.69, 9.17) is 0 Å². The fourth-order valence-electron chi connectivity index (χ4n) is 7.51. The quantitative estimate of drug-likeness (QED) is 0.155. The molecule has 0 fully saturated rings. The van der Waals surface area contributed by atoms with Crippen LogP contribution in [0, 0.1) is 0 Å². The van der Waals surface area contributed by atoms with E-state index in [-0.39, 0.29) is 0 Å². The number of nitrogens with one attached hydrogen (secondary N) is 1. The van der Waals surface area contributed by atoms with Crippen LogP contribution in [0.4, 0.5) is 60.5 Å². The number of hydrogen-bond donors (Lipinski definition) is 1. The summed E-state index contributed by atoms with van der Waals surface area (Å²) < 4.78 is 80.2. The van der Waals surface area contributed by atoms with Crippen LogP contribution < -0.4 is 9.80 Å². The summed E-state index contributed by atoms with van der Waals surface area (Å²) in [7, 11) is 0. The average molecular weight is 790 g/mol. The van der Waals surface area contributed by atoms with Gasteiger partial charge in [0.05, 0.1) is 11.1 Å². The van der Waals surface area contributed by atoms with Crippen LogP contribution in [0.2, 0.25) is 0 Å². The van der Waals surface area contributed by atoms with Gasteiger partial charge in [-0.3, -0.25) is 0 Å². The Bertz CT molecular complexity index is 2670. The number of aromatic nitrogens is 1. The number of hydrogen-bond acceptors (Lipinski definition) is 2. The van der Waals surface area contributed by atoms with E-state index in [2.05, 4.69) is 41.4 Å². The van der Waals surface area contributed by atoms with Gasteiger partial charge in [0, 0.05) is 55.9 Å². The lowest BCUT2D eigenvalue weighted by molar-refractivity contribution is -0.138. The lowest BCUT2D eigenvalue weighted by Crippen LogP contribution is -2.11. The van der Waals surface area contributed by atoms with Gasteiger partial charge in [-0.05, 0) is 144 Å². The van der Waals surface area contributed by atoms with Gasteiger partial charge in [-0.2, -0.15) is 26.3 Å². The van der Waals surface area contributed by atoms with Crippen molar-refractivity contribution in [3.05, 3.63) is 205 Å². The van der Waals surface area contributed by atoms with Crippen molar-refractivity contribution in [1.82, 2.24) is 4.98 Å². The van der Waals surface area contributed by atoms with Crippen molar-refractivity contribution >= 4 is 55.9 Å². The number of aromatic amines is 1. The highest BCUT2D eigenvalue weighted by atomic mass is 19.4. The minimum atomic E-state index is -4.43. The standard InChI is InChI=1S/C50H33F6N3/c51-49(52,53)37-17-25-43(26-18-37)58(39-7-3-1-4-8-39)41-21-11-33(12-22-41)35-15-29-47-45(31-35)46-32-36(16-30-48(46)57-47)34-13-23-42(24-14-34)59(40-9-5-2-6-10-40)44-27-19-38(20-28-44)50(54,55)56/h1-32,57H. The largest absolute Gasteiger partial charge is 0.416 e. The van der Waals surface area contributed by atoms with Gasteiger partial charge in [0.2, 0.25) is 0 Å². The van der Waals surface area contributed by atoms with E-state index in [9.17, 15) is 26.3 Å². The van der Waals surface area contributed by atoms with Gasteiger partial charge in [-0.15, -0.1) is 0 Å². The Morgan fingerprint density at radius 3 is 0.915 bits per heavy atom. The maximum Gasteiger partial charge on any atom is 0.416 e. The molecule has 0 atom stereocenters. The third-order valence-electron chi connectivity index (χ3n) is 10.5. The van der Waals surface area contributed by atoms with Crippen molar-refractivity contribution in [1.29, 1.82) is 0 Å². The lowest BCUT2D eigenvalue weighted by atomic mass is 9.99. The van der Waals surface area contributed by atoms with E-state index in [1.54, 1.807) is 0 Å². The zero-order valence-corrected chi connectivity index (χ0v) is 31.1. The minimum Gasteiger partial charge on any atom is -0.355 e. The monoisotopic (exact) mass is 789 g/mol. The molecule has 9 heteroatoms. The molecule has 0 unspecified atom stereocenters. The summed E-state index contributed by atoms with van der Waals surface area (Å²) >= 11 is 0. The predicted molar refractivity (Wildman–Crippen MR) is 226 cm³/mol. The normalized spacial score (nSPS) is 11.9. The van der Waals surface area contributed by atoms with Crippen LogP contribution >= 0.6 is 0 Å². The Morgan fingerprint density at radius 2 is 0.593 bits per heavy atom. The van der Waals surface area contributed by atoms with Gasteiger partial charge in [0.1, 0.15) is 0 Å². The Labute approximate surface area is 336 Å². The maximum absolute atomic E-state index is 13.4. The number of nitrogens with zero attached hydrogens (tertiary/aromatic N) is 2. The Hall–Kier alpha value is -7.26. The van der Waals surface area contributed by atoms with E-state index < -0.39 is 23.5 Å². The van der Waals surface area contributed by atoms with Crippen LogP contribution in [-0.4, -0.2) is 4.98 Å². The summed E-state index contributed by atoms with van der Waals surface area (Å²) in [6, 6.07) is 57.9. The van der Waals surface area contributed by atoms with Crippen LogP contribution in [0.15, 0.2) is 194 Å². The van der Waals surface area contributed by atoms with Gasteiger partial charge in [0.25, 0.3) is 0 Å². The molecule has 0 aliphatic rings. The predicted octanol–water partition coefficient (Wildman–Crippen LogP) is 15.6. The second-order valence-electron chi connectivity index (χ2n) is 14.2. The van der Waals surface area contributed by atoms with E-state index in [0.717, 1.165) is 91.1 Å². The van der Waals surface area contributed by atoms with Gasteiger partial charge in [0.15, 0.2) is 0 Å². The summed E-state index contributed by atoms with van der Waals surface area (Å²) in [6.07, 6.45) is -8.85. The third-order valence-corrected chi connectivity index (χ3v) is 10.5. The number of anilines is 6. The highest BCUT2D eigenvalue weighted by Gasteiger charge is 2.31. The van der Waals surface area contributed by atoms with Crippen LogP contribution in [0.5, 0.6) is 0 Å². The first-order valence-corrected chi connectivity index (χ1v) is 18.8. The molecule has 0 aliphatic heterocycles. The Morgan fingerprint density at radius 1 is 0.305 bits per heavy atom. The fraction of sp³-hybridized carbons (Fsp3) is 0.0400. The molecule has 290 valence electrons. The van der Waals surface area contributed by atoms with E-state index in [1.165, 1.54) is 24.3 Å². The smallest absolute Gasteiger partial charge is 0.355 e. The first-order chi connectivity index (χ1) is 28.5. The number of benzene rings is 8. The highest BCUT2D eigenvalue weighted by molar-refractivity contribution is 6.09. The fourth-order valence-corrected chi connectivity index (χ4v) is 7.51. The number of fused-ring (bicyclic) bond motifs is 3. The summed E-state index contributed by atoms with van der Waals surface area (Å²) in [6.45, 7) is 0. The molecule has 0 radical (unpaired) electrons. The summed E-state index contributed by atoms with van der Waals surface area (Å²) in [5.74, 6) is 0. The molecule has 0 bridgehead atoms. The van der Waals surface area contributed by atoms with E-state index in [1.807, 2.05) is 119 Å². The molecule has 59 heavy (non-hydrogen) atoms. The molecule has 8 aromatic carbocycles. The van der Waals surface area contributed by atoms with Gasteiger partial charge in [-0.1, -0.05) is 72.8 Å². The average Bonchev–Trinajstić information content (AvgIpc) is 3.62. The molecule has 0 saturated heterocycles. The van der Waals surface area contributed by atoms with Crippen molar-refractivity contribution in [3.63, 3.8) is 0 Å². The molecule has 1 aromatic heterocycles. The summed E-state index contributed by atoms with van der Waals surface area (Å²) in [4.78, 5) is 7.38.